The predicted octanol–water partition coefficient (Wildman–Crippen LogP) is 0.890. The maximum atomic E-state index is 5.74. The minimum Gasteiger partial charge on any atom is -0.383 e. The van der Waals surface area contributed by atoms with Gasteiger partial charge in [-0.15, -0.1) is 24.0 Å². The van der Waals surface area contributed by atoms with Gasteiger partial charge in [0, 0.05) is 13.2 Å². The number of nitrogens with zero attached hydrogens (tertiary/aromatic N) is 1. The highest BCUT2D eigenvalue weighted by Gasteiger charge is 2.04. The third kappa shape index (κ3) is 7.56. The van der Waals surface area contributed by atoms with Crippen LogP contribution >= 0.6 is 24.0 Å². The SMILES string of the molecule is COCC(C)NC(N)=NCC1=CCCOC1.I. The van der Waals surface area contributed by atoms with Crippen LogP contribution in [0.2, 0.25) is 0 Å². The van der Waals surface area contributed by atoms with Gasteiger partial charge >= 0.3 is 0 Å². The third-order valence-electron chi connectivity index (χ3n) is 2.25. The summed E-state index contributed by atoms with van der Waals surface area (Å²) >= 11 is 0. The minimum absolute atomic E-state index is 0. The van der Waals surface area contributed by atoms with E-state index in [0.717, 1.165) is 13.0 Å². The lowest BCUT2D eigenvalue weighted by Gasteiger charge is -2.14. The second-order valence-electron chi connectivity index (χ2n) is 3.91. The van der Waals surface area contributed by atoms with E-state index in [1.165, 1.54) is 5.57 Å². The Bertz CT molecular complexity index is 269. The normalized spacial score (nSPS) is 18.0. The zero-order valence-electron chi connectivity index (χ0n) is 10.4. The Morgan fingerprint density at radius 1 is 1.71 bits per heavy atom. The Hall–Kier alpha value is -0.340. The Morgan fingerprint density at radius 2 is 2.47 bits per heavy atom. The largest absolute Gasteiger partial charge is 0.383 e. The summed E-state index contributed by atoms with van der Waals surface area (Å²) in [7, 11) is 1.66. The van der Waals surface area contributed by atoms with Gasteiger partial charge in [-0.2, -0.15) is 0 Å². The van der Waals surface area contributed by atoms with Crippen molar-refractivity contribution in [1.29, 1.82) is 0 Å². The van der Waals surface area contributed by atoms with Crippen molar-refractivity contribution in [3.63, 3.8) is 0 Å². The molecule has 5 nitrogen and oxygen atoms in total. The number of nitrogens with one attached hydrogen (secondary N) is 1. The second kappa shape index (κ2) is 9.67. The quantitative estimate of drug-likeness (QED) is 0.333. The number of hydrogen-bond acceptors (Lipinski definition) is 3. The van der Waals surface area contributed by atoms with Crippen LogP contribution in [0.15, 0.2) is 16.6 Å². The molecule has 1 aliphatic rings. The summed E-state index contributed by atoms with van der Waals surface area (Å²) in [5.41, 5.74) is 6.93. The zero-order valence-corrected chi connectivity index (χ0v) is 12.8. The standard InChI is InChI=1S/C11H21N3O2.HI/c1-9(7-15-2)14-11(12)13-6-10-4-3-5-16-8-10;/h4,9H,3,5-8H2,1-2H3,(H3,12,13,14);1H. The summed E-state index contributed by atoms with van der Waals surface area (Å²) in [5.74, 6) is 0.455. The van der Waals surface area contributed by atoms with Crippen LogP contribution < -0.4 is 11.1 Å². The molecule has 0 spiro atoms. The van der Waals surface area contributed by atoms with E-state index < -0.39 is 0 Å². The molecule has 0 saturated carbocycles. The number of nitrogens with two attached hydrogens (primary N) is 1. The van der Waals surface area contributed by atoms with Crippen molar-refractivity contribution in [1.82, 2.24) is 5.32 Å². The number of guanidine groups is 1. The monoisotopic (exact) mass is 355 g/mol. The average Bonchev–Trinajstić information content (AvgIpc) is 2.28. The predicted molar refractivity (Wildman–Crippen MR) is 79.9 cm³/mol. The molecule has 0 aromatic carbocycles. The molecule has 0 amide bonds. The summed E-state index contributed by atoms with van der Waals surface area (Å²) in [4.78, 5) is 4.25. The molecule has 0 aromatic rings. The van der Waals surface area contributed by atoms with Crippen molar-refractivity contribution < 1.29 is 9.47 Å². The van der Waals surface area contributed by atoms with Crippen molar-refractivity contribution >= 4 is 29.9 Å². The Kier molecular flexibility index (Phi) is 9.47. The van der Waals surface area contributed by atoms with Crippen LogP contribution in [0.5, 0.6) is 0 Å². The van der Waals surface area contributed by atoms with Gasteiger partial charge < -0.3 is 20.5 Å². The molecule has 0 fully saturated rings. The first kappa shape index (κ1) is 16.7. The highest BCUT2D eigenvalue weighted by molar-refractivity contribution is 14.0. The van der Waals surface area contributed by atoms with E-state index >= 15 is 0 Å². The zero-order chi connectivity index (χ0) is 11.8. The van der Waals surface area contributed by atoms with Gasteiger partial charge in [0.25, 0.3) is 0 Å². The summed E-state index contributed by atoms with van der Waals surface area (Å²) in [5, 5.41) is 3.06. The molecular formula is C11H22IN3O2. The topological polar surface area (TPSA) is 68.9 Å². The van der Waals surface area contributed by atoms with E-state index in [9.17, 15) is 0 Å². The maximum absolute atomic E-state index is 5.74. The lowest BCUT2D eigenvalue weighted by atomic mass is 10.2. The molecule has 0 bridgehead atoms. The lowest BCUT2D eigenvalue weighted by Crippen LogP contribution is -2.40. The van der Waals surface area contributed by atoms with E-state index in [1.54, 1.807) is 7.11 Å². The molecule has 100 valence electrons. The smallest absolute Gasteiger partial charge is 0.189 e. The van der Waals surface area contributed by atoms with Gasteiger partial charge in [-0.1, -0.05) is 6.08 Å². The molecule has 0 radical (unpaired) electrons. The fourth-order valence-corrected chi connectivity index (χ4v) is 1.50. The summed E-state index contributed by atoms with van der Waals surface area (Å²) in [6.45, 7) is 4.70. The molecule has 1 aliphatic heterocycles. The molecule has 17 heavy (non-hydrogen) atoms. The maximum Gasteiger partial charge on any atom is 0.189 e. The first-order valence-electron chi connectivity index (χ1n) is 5.53. The second-order valence-corrected chi connectivity index (χ2v) is 3.91. The number of methoxy groups -OCH3 is 1. The van der Waals surface area contributed by atoms with Crippen molar-refractivity contribution in [2.24, 2.45) is 10.7 Å². The Balaban J connectivity index is 0.00000256. The first-order chi connectivity index (χ1) is 7.72. The molecule has 0 aromatic heterocycles. The molecule has 3 N–H and O–H groups in total. The molecule has 0 aliphatic carbocycles. The molecule has 0 saturated heterocycles. The average molecular weight is 355 g/mol. The van der Waals surface area contributed by atoms with Crippen molar-refractivity contribution in [3.8, 4) is 0 Å². The van der Waals surface area contributed by atoms with Gasteiger partial charge in [-0.3, -0.25) is 0 Å². The number of rotatable bonds is 5. The fourth-order valence-electron chi connectivity index (χ4n) is 1.50. The van der Waals surface area contributed by atoms with Crippen LogP contribution in [-0.4, -0.2) is 45.5 Å². The lowest BCUT2D eigenvalue weighted by molar-refractivity contribution is 0.149. The van der Waals surface area contributed by atoms with Crippen LogP contribution in [0, 0.1) is 0 Å². The van der Waals surface area contributed by atoms with Crippen molar-refractivity contribution in [2.75, 3.05) is 33.5 Å². The highest BCUT2D eigenvalue weighted by atomic mass is 127. The van der Waals surface area contributed by atoms with Gasteiger partial charge in [-0.25, -0.2) is 4.99 Å². The minimum atomic E-state index is 0. The van der Waals surface area contributed by atoms with Crippen LogP contribution in [0.1, 0.15) is 13.3 Å². The molecule has 6 heteroatoms. The number of hydrogen-bond donors (Lipinski definition) is 2. The van der Waals surface area contributed by atoms with Gasteiger partial charge in [-0.05, 0) is 18.9 Å². The van der Waals surface area contributed by atoms with Crippen molar-refractivity contribution in [3.05, 3.63) is 11.6 Å². The Morgan fingerprint density at radius 3 is 3.06 bits per heavy atom. The first-order valence-corrected chi connectivity index (χ1v) is 5.53. The van der Waals surface area contributed by atoms with Crippen LogP contribution in [0.25, 0.3) is 0 Å². The molecular weight excluding hydrogens is 333 g/mol. The van der Waals surface area contributed by atoms with Crippen LogP contribution in [0.4, 0.5) is 0 Å². The fraction of sp³-hybridized carbons (Fsp3) is 0.727. The van der Waals surface area contributed by atoms with E-state index in [1.807, 2.05) is 6.92 Å². The number of aliphatic imine (C=N–C) groups is 1. The number of halogens is 1. The van der Waals surface area contributed by atoms with Crippen LogP contribution in [0.3, 0.4) is 0 Å². The van der Waals surface area contributed by atoms with Gasteiger partial charge in [0.15, 0.2) is 5.96 Å². The van der Waals surface area contributed by atoms with Gasteiger partial charge in [0.2, 0.25) is 0 Å². The summed E-state index contributed by atoms with van der Waals surface area (Å²) in [6.07, 6.45) is 3.14. The van der Waals surface area contributed by atoms with E-state index in [-0.39, 0.29) is 30.0 Å². The van der Waals surface area contributed by atoms with Gasteiger partial charge in [0.1, 0.15) is 0 Å². The highest BCUT2D eigenvalue weighted by Crippen LogP contribution is 2.05. The molecule has 1 atom stereocenters. The van der Waals surface area contributed by atoms with E-state index in [0.29, 0.717) is 25.7 Å². The molecule has 1 heterocycles. The van der Waals surface area contributed by atoms with Gasteiger partial charge in [0.05, 0.1) is 26.4 Å². The number of ether oxygens (including phenoxy) is 2. The summed E-state index contributed by atoms with van der Waals surface area (Å²) in [6, 6.07) is 0.172. The molecule has 1 unspecified atom stereocenters. The van der Waals surface area contributed by atoms with E-state index in [4.69, 9.17) is 15.2 Å². The van der Waals surface area contributed by atoms with E-state index in [2.05, 4.69) is 16.4 Å². The summed E-state index contributed by atoms with van der Waals surface area (Å²) < 4.78 is 10.3. The Labute approximate surface area is 120 Å². The third-order valence-corrected chi connectivity index (χ3v) is 2.25. The van der Waals surface area contributed by atoms with Crippen LogP contribution in [-0.2, 0) is 9.47 Å². The van der Waals surface area contributed by atoms with Crippen molar-refractivity contribution in [2.45, 2.75) is 19.4 Å². The molecule has 1 rings (SSSR count).